The summed E-state index contributed by atoms with van der Waals surface area (Å²) in [5.74, 6) is 0.886. The van der Waals surface area contributed by atoms with Crippen LogP contribution in [0.25, 0.3) is 11.3 Å². The Morgan fingerprint density at radius 1 is 1.25 bits per heavy atom. The first kappa shape index (κ1) is 10.6. The molecule has 16 heavy (non-hydrogen) atoms. The highest BCUT2D eigenvalue weighted by molar-refractivity contribution is 5.64. The van der Waals surface area contributed by atoms with Crippen molar-refractivity contribution in [1.82, 2.24) is 9.97 Å². The lowest BCUT2D eigenvalue weighted by molar-refractivity contribution is 0.410. The number of rotatable bonds is 3. The SMILES string of the molecule is CCc1c(OC)ccnc1-c1cccnc1. The van der Waals surface area contributed by atoms with Crippen LogP contribution in [-0.4, -0.2) is 17.1 Å². The summed E-state index contributed by atoms with van der Waals surface area (Å²) in [6, 6.07) is 5.81. The Morgan fingerprint density at radius 3 is 2.75 bits per heavy atom. The third-order valence-corrected chi connectivity index (χ3v) is 2.52. The molecule has 0 atom stereocenters. The molecule has 0 fully saturated rings. The highest BCUT2D eigenvalue weighted by Crippen LogP contribution is 2.28. The lowest BCUT2D eigenvalue weighted by Gasteiger charge is -2.10. The lowest BCUT2D eigenvalue weighted by Crippen LogP contribution is -1.96. The molecule has 0 bridgehead atoms. The number of methoxy groups -OCH3 is 1. The van der Waals surface area contributed by atoms with E-state index in [1.807, 2.05) is 24.4 Å². The van der Waals surface area contributed by atoms with Crippen molar-refractivity contribution in [3.8, 4) is 17.0 Å². The zero-order chi connectivity index (χ0) is 11.4. The molecule has 0 saturated carbocycles. The average Bonchev–Trinajstić information content (AvgIpc) is 2.38. The van der Waals surface area contributed by atoms with Gasteiger partial charge in [-0.15, -0.1) is 0 Å². The minimum Gasteiger partial charge on any atom is -0.496 e. The van der Waals surface area contributed by atoms with E-state index in [0.29, 0.717) is 0 Å². The molecule has 0 radical (unpaired) electrons. The van der Waals surface area contributed by atoms with Crippen LogP contribution in [0.1, 0.15) is 12.5 Å². The minimum absolute atomic E-state index is 0.886. The normalized spacial score (nSPS) is 10.1. The fourth-order valence-electron chi connectivity index (χ4n) is 1.76. The molecule has 3 nitrogen and oxygen atoms in total. The van der Waals surface area contributed by atoms with Gasteiger partial charge in [-0.3, -0.25) is 9.97 Å². The second kappa shape index (κ2) is 4.75. The maximum Gasteiger partial charge on any atom is 0.125 e. The van der Waals surface area contributed by atoms with Crippen LogP contribution in [0.2, 0.25) is 0 Å². The number of aromatic nitrogens is 2. The van der Waals surface area contributed by atoms with Crippen molar-refractivity contribution in [2.75, 3.05) is 7.11 Å². The fraction of sp³-hybridized carbons (Fsp3) is 0.231. The summed E-state index contributed by atoms with van der Waals surface area (Å²) in [5, 5.41) is 0. The van der Waals surface area contributed by atoms with Crippen LogP contribution in [0.5, 0.6) is 5.75 Å². The van der Waals surface area contributed by atoms with Gasteiger partial charge in [-0.2, -0.15) is 0 Å². The lowest BCUT2D eigenvalue weighted by atomic mass is 10.0. The summed E-state index contributed by atoms with van der Waals surface area (Å²) in [5.41, 5.74) is 3.10. The van der Waals surface area contributed by atoms with E-state index in [1.54, 1.807) is 19.5 Å². The zero-order valence-electron chi connectivity index (χ0n) is 9.47. The summed E-state index contributed by atoms with van der Waals surface area (Å²) in [4.78, 5) is 8.52. The maximum absolute atomic E-state index is 5.34. The van der Waals surface area contributed by atoms with Crippen LogP contribution in [0, 0.1) is 0 Å². The zero-order valence-corrected chi connectivity index (χ0v) is 9.47. The molecular formula is C13H14N2O. The highest BCUT2D eigenvalue weighted by atomic mass is 16.5. The summed E-state index contributed by atoms with van der Waals surface area (Å²) in [7, 11) is 1.68. The van der Waals surface area contributed by atoms with Crippen LogP contribution >= 0.6 is 0 Å². The minimum atomic E-state index is 0.886. The largest absolute Gasteiger partial charge is 0.496 e. The molecule has 0 unspecified atom stereocenters. The van der Waals surface area contributed by atoms with E-state index in [9.17, 15) is 0 Å². The van der Waals surface area contributed by atoms with Crippen molar-refractivity contribution < 1.29 is 4.74 Å². The van der Waals surface area contributed by atoms with Crippen molar-refractivity contribution in [3.63, 3.8) is 0 Å². The van der Waals surface area contributed by atoms with Crippen molar-refractivity contribution >= 4 is 0 Å². The quantitative estimate of drug-likeness (QED) is 0.788. The summed E-state index contributed by atoms with van der Waals surface area (Å²) in [6.45, 7) is 2.10. The predicted molar refractivity (Wildman–Crippen MR) is 63.4 cm³/mol. The maximum atomic E-state index is 5.34. The van der Waals surface area contributed by atoms with Gasteiger partial charge in [-0.1, -0.05) is 6.92 Å². The molecule has 2 aromatic heterocycles. The second-order valence-electron chi connectivity index (χ2n) is 3.44. The summed E-state index contributed by atoms with van der Waals surface area (Å²) in [6.07, 6.45) is 6.23. The first-order chi connectivity index (χ1) is 7.86. The standard InChI is InChI=1S/C13H14N2O/c1-3-11-12(16-2)6-8-15-13(11)10-5-4-7-14-9-10/h4-9H,3H2,1-2H3. The van der Waals surface area contributed by atoms with E-state index >= 15 is 0 Å². The predicted octanol–water partition coefficient (Wildman–Crippen LogP) is 2.71. The van der Waals surface area contributed by atoms with Crippen molar-refractivity contribution in [1.29, 1.82) is 0 Å². The Morgan fingerprint density at radius 2 is 2.12 bits per heavy atom. The van der Waals surface area contributed by atoms with Crippen molar-refractivity contribution in [2.45, 2.75) is 13.3 Å². The molecule has 0 aromatic carbocycles. The van der Waals surface area contributed by atoms with E-state index < -0.39 is 0 Å². The van der Waals surface area contributed by atoms with E-state index in [0.717, 1.165) is 29.0 Å². The number of ether oxygens (including phenoxy) is 1. The van der Waals surface area contributed by atoms with Gasteiger partial charge in [0.2, 0.25) is 0 Å². The summed E-state index contributed by atoms with van der Waals surface area (Å²) >= 11 is 0. The highest BCUT2D eigenvalue weighted by Gasteiger charge is 2.10. The molecule has 0 spiro atoms. The average molecular weight is 214 g/mol. The monoisotopic (exact) mass is 214 g/mol. The van der Waals surface area contributed by atoms with Gasteiger partial charge in [-0.25, -0.2) is 0 Å². The molecule has 0 N–H and O–H groups in total. The molecule has 0 aliphatic carbocycles. The third-order valence-electron chi connectivity index (χ3n) is 2.52. The van der Waals surface area contributed by atoms with Gasteiger partial charge in [0.05, 0.1) is 12.8 Å². The van der Waals surface area contributed by atoms with E-state index in [-0.39, 0.29) is 0 Å². The Kier molecular flexibility index (Phi) is 3.15. The molecule has 82 valence electrons. The third kappa shape index (κ3) is 1.89. The van der Waals surface area contributed by atoms with Crippen molar-refractivity contribution in [3.05, 3.63) is 42.4 Å². The van der Waals surface area contributed by atoms with Crippen LogP contribution in [0.3, 0.4) is 0 Å². The van der Waals surface area contributed by atoms with Crippen LogP contribution in [0.15, 0.2) is 36.8 Å². The summed E-state index contributed by atoms with van der Waals surface area (Å²) < 4.78 is 5.34. The van der Waals surface area contributed by atoms with E-state index in [1.165, 1.54) is 0 Å². The first-order valence-electron chi connectivity index (χ1n) is 5.29. The van der Waals surface area contributed by atoms with E-state index in [4.69, 9.17) is 4.74 Å². The molecule has 0 aliphatic heterocycles. The topological polar surface area (TPSA) is 35.0 Å². The van der Waals surface area contributed by atoms with Gasteiger partial charge in [0.25, 0.3) is 0 Å². The molecule has 2 heterocycles. The fourth-order valence-corrected chi connectivity index (χ4v) is 1.76. The molecular weight excluding hydrogens is 200 g/mol. The van der Waals surface area contributed by atoms with Crippen molar-refractivity contribution in [2.24, 2.45) is 0 Å². The number of hydrogen-bond donors (Lipinski definition) is 0. The van der Waals surface area contributed by atoms with Gasteiger partial charge >= 0.3 is 0 Å². The molecule has 3 heteroatoms. The van der Waals surface area contributed by atoms with Crippen LogP contribution < -0.4 is 4.74 Å². The molecule has 0 saturated heterocycles. The Bertz CT molecular complexity index is 469. The number of hydrogen-bond acceptors (Lipinski definition) is 3. The van der Waals surface area contributed by atoms with E-state index in [2.05, 4.69) is 16.9 Å². The first-order valence-corrected chi connectivity index (χ1v) is 5.29. The molecule has 2 aromatic rings. The van der Waals surface area contributed by atoms with Gasteiger partial charge in [0.1, 0.15) is 5.75 Å². The number of nitrogens with zero attached hydrogens (tertiary/aromatic N) is 2. The number of pyridine rings is 2. The van der Waals surface area contributed by atoms with Gasteiger partial charge in [0, 0.05) is 29.7 Å². The van der Waals surface area contributed by atoms with Crippen LogP contribution in [-0.2, 0) is 6.42 Å². The Labute approximate surface area is 95.1 Å². The second-order valence-corrected chi connectivity index (χ2v) is 3.44. The smallest absolute Gasteiger partial charge is 0.125 e. The van der Waals surface area contributed by atoms with Gasteiger partial charge < -0.3 is 4.74 Å². The molecule has 0 aliphatic rings. The Balaban J connectivity index is 2.57. The Hall–Kier alpha value is -1.90. The van der Waals surface area contributed by atoms with Crippen LogP contribution in [0.4, 0.5) is 0 Å². The molecule has 0 amide bonds. The van der Waals surface area contributed by atoms with Gasteiger partial charge in [0.15, 0.2) is 0 Å². The molecule has 2 rings (SSSR count). The van der Waals surface area contributed by atoms with Gasteiger partial charge in [-0.05, 0) is 24.6 Å².